The van der Waals surface area contributed by atoms with E-state index in [0.717, 1.165) is 29.6 Å². The lowest BCUT2D eigenvalue weighted by molar-refractivity contribution is 0.124. The van der Waals surface area contributed by atoms with Gasteiger partial charge in [0.25, 0.3) is 0 Å². The molecule has 0 aliphatic heterocycles. The van der Waals surface area contributed by atoms with Crippen molar-refractivity contribution >= 4 is 0 Å². The molecule has 0 radical (unpaired) electrons. The van der Waals surface area contributed by atoms with E-state index < -0.39 is 0 Å². The monoisotopic (exact) mass is 224 g/mol. The highest BCUT2D eigenvalue weighted by molar-refractivity contribution is 5.07. The van der Waals surface area contributed by atoms with E-state index in [1.54, 1.807) is 0 Å². The Morgan fingerprint density at radius 3 is 1.88 bits per heavy atom. The summed E-state index contributed by atoms with van der Waals surface area (Å²) >= 11 is 0. The second kappa shape index (κ2) is 5.10. The average Bonchev–Trinajstić information content (AvgIpc) is 2.78. The molecule has 0 heteroatoms. The van der Waals surface area contributed by atoms with E-state index in [0.29, 0.717) is 5.41 Å². The molecule has 0 bridgehead atoms. The molecule has 1 aliphatic carbocycles. The van der Waals surface area contributed by atoms with E-state index in [9.17, 15) is 0 Å². The summed E-state index contributed by atoms with van der Waals surface area (Å²) in [6, 6.07) is 0. The lowest BCUT2D eigenvalue weighted by Crippen LogP contribution is -2.29. The van der Waals surface area contributed by atoms with Crippen LogP contribution >= 0.6 is 0 Å². The third-order valence-electron chi connectivity index (χ3n) is 5.09. The van der Waals surface area contributed by atoms with Gasteiger partial charge in [-0.1, -0.05) is 54.9 Å². The van der Waals surface area contributed by atoms with Crippen LogP contribution in [0.2, 0.25) is 0 Å². The molecule has 1 fully saturated rings. The van der Waals surface area contributed by atoms with Crippen molar-refractivity contribution in [3.8, 4) is 0 Å². The Kier molecular flexibility index (Phi) is 4.49. The standard InChI is InChI=1S/C16H32/c1-8-15(12(4)5)16(10-14(16)7)13(6)9-11(2)3/h11-15H,8-10H2,1-7H3. The van der Waals surface area contributed by atoms with Gasteiger partial charge in [-0.25, -0.2) is 0 Å². The summed E-state index contributed by atoms with van der Waals surface area (Å²) in [5, 5.41) is 0. The maximum Gasteiger partial charge on any atom is -0.0212 e. The normalized spacial score (nSPS) is 33.2. The van der Waals surface area contributed by atoms with Gasteiger partial charge >= 0.3 is 0 Å². The Labute approximate surface area is 103 Å². The molecule has 0 spiro atoms. The first-order valence-corrected chi connectivity index (χ1v) is 7.36. The number of rotatable bonds is 6. The van der Waals surface area contributed by atoms with Crippen LogP contribution in [0.3, 0.4) is 0 Å². The summed E-state index contributed by atoms with van der Waals surface area (Å²) in [4.78, 5) is 0. The lowest BCUT2D eigenvalue weighted by atomic mass is 9.69. The van der Waals surface area contributed by atoms with Gasteiger partial charge in [-0.3, -0.25) is 0 Å². The van der Waals surface area contributed by atoms with Gasteiger partial charge in [0.2, 0.25) is 0 Å². The summed E-state index contributed by atoms with van der Waals surface area (Å²) in [7, 11) is 0. The highest BCUT2D eigenvalue weighted by Crippen LogP contribution is 2.65. The molecule has 4 atom stereocenters. The van der Waals surface area contributed by atoms with Crippen molar-refractivity contribution < 1.29 is 0 Å². The van der Waals surface area contributed by atoms with Crippen LogP contribution in [0.25, 0.3) is 0 Å². The van der Waals surface area contributed by atoms with Crippen LogP contribution in [0.5, 0.6) is 0 Å². The average molecular weight is 224 g/mol. The van der Waals surface area contributed by atoms with E-state index in [2.05, 4.69) is 48.5 Å². The van der Waals surface area contributed by atoms with Crippen LogP contribution in [0.15, 0.2) is 0 Å². The van der Waals surface area contributed by atoms with E-state index in [4.69, 9.17) is 0 Å². The molecule has 96 valence electrons. The first kappa shape index (κ1) is 14.1. The quantitative estimate of drug-likeness (QED) is 0.568. The lowest BCUT2D eigenvalue weighted by Gasteiger charge is -2.36. The molecule has 0 aromatic heterocycles. The summed E-state index contributed by atoms with van der Waals surface area (Å²) in [5.74, 6) is 4.52. The van der Waals surface area contributed by atoms with Crippen molar-refractivity contribution in [3.05, 3.63) is 0 Å². The van der Waals surface area contributed by atoms with Gasteiger partial charge in [0, 0.05) is 0 Å². The Balaban J connectivity index is 2.77. The molecule has 1 saturated carbocycles. The van der Waals surface area contributed by atoms with Crippen LogP contribution in [-0.2, 0) is 0 Å². The predicted octanol–water partition coefficient (Wildman–Crippen LogP) is 5.38. The van der Waals surface area contributed by atoms with Gasteiger partial charge in [-0.15, -0.1) is 0 Å². The van der Waals surface area contributed by atoms with Crippen molar-refractivity contribution in [1.82, 2.24) is 0 Å². The first-order valence-electron chi connectivity index (χ1n) is 7.36. The molecule has 0 aromatic carbocycles. The van der Waals surface area contributed by atoms with Gasteiger partial charge in [0.1, 0.15) is 0 Å². The Hall–Kier alpha value is 0. The van der Waals surface area contributed by atoms with Crippen LogP contribution in [-0.4, -0.2) is 0 Å². The van der Waals surface area contributed by atoms with Crippen molar-refractivity contribution in [2.75, 3.05) is 0 Å². The SMILES string of the molecule is CCC(C(C)C)C1(C(C)CC(C)C)CC1C. The zero-order valence-corrected chi connectivity index (χ0v) is 12.5. The fourth-order valence-corrected chi connectivity index (χ4v) is 4.44. The molecular weight excluding hydrogens is 192 g/mol. The Morgan fingerprint density at radius 2 is 1.62 bits per heavy atom. The fraction of sp³-hybridized carbons (Fsp3) is 1.00. The molecular formula is C16H32. The molecule has 0 nitrogen and oxygen atoms in total. The topological polar surface area (TPSA) is 0 Å². The van der Waals surface area contributed by atoms with Gasteiger partial charge < -0.3 is 0 Å². The summed E-state index contributed by atoms with van der Waals surface area (Å²) in [5.41, 5.74) is 0.688. The fourth-order valence-electron chi connectivity index (χ4n) is 4.44. The third kappa shape index (κ3) is 2.46. The maximum absolute atomic E-state index is 2.51. The van der Waals surface area contributed by atoms with Gasteiger partial charge in [-0.2, -0.15) is 0 Å². The third-order valence-corrected chi connectivity index (χ3v) is 5.09. The van der Waals surface area contributed by atoms with E-state index in [1.165, 1.54) is 19.3 Å². The molecule has 0 amide bonds. The van der Waals surface area contributed by atoms with Gasteiger partial charge in [0.15, 0.2) is 0 Å². The van der Waals surface area contributed by atoms with E-state index in [-0.39, 0.29) is 0 Å². The van der Waals surface area contributed by atoms with Gasteiger partial charge in [-0.05, 0) is 47.8 Å². The van der Waals surface area contributed by atoms with Gasteiger partial charge in [0.05, 0.1) is 0 Å². The van der Waals surface area contributed by atoms with Crippen molar-refractivity contribution in [2.24, 2.45) is 35.0 Å². The van der Waals surface area contributed by atoms with Crippen molar-refractivity contribution in [2.45, 2.75) is 67.7 Å². The predicted molar refractivity (Wildman–Crippen MR) is 73.5 cm³/mol. The second-order valence-electron chi connectivity index (χ2n) is 7.01. The maximum atomic E-state index is 2.51. The number of hydrogen-bond acceptors (Lipinski definition) is 0. The zero-order valence-electron chi connectivity index (χ0n) is 12.5. The summed E-state index contributed by atoms with van der Waals surface area (Å²) in [6.07, 6.45) is 4.26. The zero-order chi connectivity index (χ0) is 12.5. The minimum atomic E-state index is 0.688. The highest BCUT2D eigenvalue weighted by Gasteiger charge is 2.58. The summed E-state index contributed by atoms with van der Waals surface area (Å²) < 4.78 is 0. The molecule has 0 saturated heterocycles. The largest absolute Gasteiger partial charge is 0.0651 e. The summed E-state index contributed by atoms with van der Waals surface area (Å²) in [6.45, 7) is 16.9. The van der Waals surface area contributed by atoms with Crippen LogP contribution in [0, 0.1) is 35.0 Å². The van der Waals surface area contributed by atoms with E-state index in [1.807, 2.05) is 0 Å². The molecule has 0 aromatic rings. The first-order chi connectivity index (χ1) is 7.36. The molecule has 0 heterocycles. The smallest absolute Gasteiger partial charge is 0.0212 e. The van der Waals surface area contributed by atoms with Crippen molar-refractivity contribution in [3.63, 3.8) is 0 Å². The molecule has 1 rings (SSSR count). The number of hydrogen-bond donors (Lipinski definition) is 0. The minimum absolute atomic E-state index is 0.688. The minimum Gasteiger partial charge on any atom is -0.0651 e. The molecule has 0 N–H and O–H groups in total. The molecule has 16 heavy (non-hydrogen) atoms. The Morgan fingerprint density at radius 1 is 1.12 bits per heavy atom. The molecule has 1 aliphatic rings. The highest BCUT2D eigenvalue weighted by atomic mass is 14.6. The van der Waals surface area contributed by atoms with Crippen LogP contribution in [0.4, 0.5) is 0 Å². The second-order valence-corrected chi connectivity index (χ2v) is 7.01. The van der Waals surface area contributed by atoms with Crippen LogP contribution in [0.1, 0.15) is 67.7 Å². The Bertz CT molecular complexity index is 216. The van der Waals surface area contributed by atoms with Crippen LogP contribution < -0.4 is 0 Å². The van der Waals surface area contributed by atoms with E-state index >= 15 is 0 Å². The van der Waals surface area contributed by atoms with Crippen molar-refractivity contribution in [1.29, 1.82) is 0 Å². The molecule has 4 unspecified atom stereocenters.